The molecule has 1 aromatic heterocycles. The zero-order valence-electron chi connectivity index (χ0n) is 19.4. The van der Waals surface area contributed by atoms with Gasteiger partial charge >= 0.3 is 0 Å². The molecule has 1 amide bonds. The van der Waals surface area contributed by atoms with E-state index in [0.29, 0.717) is 16.9 Å². The summed E-state index contributed by atoms with van der Waals surface area (Å²) >= 11 is 0. The fourth-order valence-corrected chi connectivity index (χ4v) is 4.82. The van der Waals surface area contributed by atoms with E-state index in [1.807, 2.05) is 42.3 Å². The van der Waals surface area contributed by atoms with Crippen molar-refractivity contribution in [1.29, 1.82) is 0 Å². The van der Waals surface area contributed by atoms with Crippen molar-refractivity contribution < 1.29 is 9.53 Å². The summed E-state index contributed by atoms with van der Waals surface area (Å²) in [5, 5.41) is 3.43. The summed E-state index contributed by atoms with van der Waals surface area (Å²) in [4.78, 5) is 29.7. The number of nitrogens with zero attached hydrogens (tertiary/aromatic N) is 3. The lowest BCUT2D eigenvalue weighted by Gasteiger charge is -2.37. The van der Waals surface area contributed by atoms with Crippen LogP contribution >= 0.6 is 0 Å². The Hall–Kier alpha value is -2.64. The highest BCUT2D eigenvalue weighted by Gasteiger charge is 2.26. The first-order chi connectivity index (χ1) is 15.5. The first kappa shape index (κ1) is 22.6. The second kappa shape index (κ2) is 9.88. The van der Waals surface area contributed by atoms with Gasteiger partial charge in [-0.15, -0.1) is 0 Å². The molecule has 1 N–H and O–H groups in total. The van der Waals surface area contributed by atoms with Crippen molar-refractivity contribution in [2.45, 2.75) is 19.8 Å². The molecule has 32 heavy (non-hydrogen) atoms. The number of hydrogen-bond acceptors (Lipinski definition) is 5. The van der Waals surface area contributed by atoms with Gasteiger partial charge in [-0.05, 0) is 68.1 Å². The van der Waals surface area contributed by atoms with E-state index in [-0.39, 0.29) is 11.5 Å². The number of pyridine rings is 1. The van der Waals surface area contributed by atoms with Crippen LogP contribution in [0.4, 0.5) is 0 Å². The third kappa shape index (κ3) is 4.89. The minimum atomic E-state index is -0.00758. The largest absolute Gasteiger partial charge is 0.496 e. The third-order valence-corrected chi connectivity index (χ3v) is 6.76. The number of ether oxygens (including phenoxy) is 1. The summed E-state index contributed by atoms with van der Waals surface area (Å²) in [5.74, 6) is 1.36. The smallest absolute Gasteiger partial charge is 0.257 e. The van der Waals surface area contributed by atoms with E-state index in [0.717, 1.165) is 62.9 Å². The average molecular weight is 439 g/mol. The molecule has 4 rings (SSSR count). The van der Waals surface area contributed by atoms with E-state index in [1.54, 1.807) is 18.7 Å². The van der Waals surface area contributed by atoms with Gasteiger partial charge in [0, 0.05) is 51.5 Å². The Morgan fingerprint density at radius 3 is 2.47 bits per heavy atom. The lowest BCUT2D eigenvalue weighted by Crippen LogP contribution is -2.50. The molecule has 3 heterocycles. The van der Waals surface area contributed by atoms with Crippen molar-refractivity contribution in [3.8, 4) is 16.9 Å². The Morgan fingerprint density at radius 2 is 1.81 bits per heavy atom. The van der Waals surface area contributed by atoms with Crippen LogP contribution in [0.15, 0.2) is 35.3 Å². The molecule has 0 atom stereocenters. The van der Waals surface area contributed by atoms with Crippen LogP contribution in [-0.4, -0.2) is 73.2 Å². The highest BCUT2D eigenvalue weighted by atomic mass is 16.5. The van der Waals surface area contributed by atoms with Crippen molar-refractivity contribution >= 4 is 5.91 Å². The molecule has 172 valence electrons. The van der Waals surface area contributed by atoms with Gasteiger partial charge in [0.15, 0.2) is 0 Å². The Kier molecular flexibility index (Phi) is 6.96. The van der Waals surface area contributed by atoms with Crippen molar-refractivity contribution in [3.05, 3.63) is 51.9 Å². The van der Waals surface area contributed by atoms with E-state index in [1.165, 1.54) is 12.8 Å². The zero-order valence-corrected chi connectivity index (χ0v) is 19.4. The van der Waals surface area contributed by atoms with Gasteiger partial charge in [-0.2, -0.15) is 0 Å². The highest BCUT2D eigenvalue weighted by molar-refractivity contribution is 5.97. The molecule has 2 aliphatic heterocycles. The summed E-state index contributed by atoms with van der Waals surface area (Å²) in [7, 11) is 3.34. The number of piperazine rings is 1. The van der Waals surface area contributed by atoms with Crippen molar-refractivity contribution in [1.82, 2.24) is 19.7 Å². The third-order valence-electron chi connectivity index (χ3n) is 6.76. The quantitative estimate of drug-likeness (QED) is 0.775. The Morgan fingerprint density at radius 1 is 1.09 bits per heavy atom. The maximum absolute atomic E-state index is 13.3. The molecular weight excluding hydrogens is 404 g/mol. The first-order valence-electron chi connectivity index (χ1n) is 11.5. The van der Waals surface area contributed by atoms with Crippen LogP contribution in [0, 0.1) is 12.8 Å². The minimum Gasteiger partial charge on any atom is -0.496 e. The summed E-state index contributed by atoms with van der Waals surface area (Å²) in [6.07, 6.45) is 4.31. The van der Waals surface area contributed by atoms with Gasteiger partial charge in [0.05, 0.1) is 12.7 Å². The van der Waals surface area contributed by atoms with Crippen molar-refractivity contribution in [2.24, 2.45) is 13.0 Å². The first-order valence-corrected chi connectivity index (χ1v) is 11.5. The van der Waals surface area contributed by atoms with Crippen LogP contribution in [0.1, 0.15) is 28.8 Å². The fraction of sp³-hybridized carbons (Fsp3) is 0.520. The van der Waals surface area contributed by atoms with E-state index >= 15 is 0 Å². The second-order valence-corrected chi connectivity index (χ2v) is 9.03. The van der Waals surface area contributed by atoms with Crippen LogP contribution in [0.25, 0.3) is 11.1 Å². The van der Waals surface area contributed by atoms with Crippen LogP contribution in [-0.2, 0) is 7.05 Å². The number of aryl methyl sites for hydroxylation is 2. The van der Waals surface area contributed by atoms with E-state index < -0.39 is 0 Å². The van der Waals surface area contributed by atoms with Gasteiger partial charge in [0.25, 0.3) is 11.5 Å². The lowest BCUT2D eigenvalue weighted by atomic mass is 9.97. The summed E-state index contributed by atoms with van der Waals surface area (Å²) in [6.45, 7) is 8.53. The van der Waals surface area contributed by atoms with Crippen molar-refractivity contribution in [3.63, 3.8) is 0 Å². The molecule has 0 unspecified atom stereocenters. The molecule has 1 aromatic carbocycles. The molecule has 2 fully saturated rings. The van der Waals surface area contributed by atoms with E-state index in [4.69, 9.17) is 4.74 Å². The molecule has 0 spiro atoms. The van der Waals surface area contributed by atoms with Crippen LogP contribution < -0.4 is 15.6 Å². The Bertz CT molecular complexity index is 992. The predicted molar refractivity (Wildman–Crippen MR) is 126 cm³/mol. The van der Waals surface area contributed by atoms with Crippen LogP contribution in [0.3, 0.4) is 0 Å². The minimum absolute atomic E-state index is 0.00758. The van der Waals surface area contributed by atoms with Crippen LogP contribution in [0.2, 0.25) is 0 Å². The summed E-state index contributed by atoms with van der Waals surface area (Å²) in [6, 6.07) is 7.54. The number of rotatable bonds is 5. The standard InChI is InChI=1S/C25H34N4O3/c1-18-14-21(17-27(2)24(18)30)20-4-5-22(23(15-20)32-3)25(31)29-12-10-28(11-13-29)16-19-6-8-26-9-7-19/h4-5,14-15,17,19,26H,6-13,16H2,1-3H3. The summed E-state index contributed by atoms with van der Waals surface area (Å²) < 4.78 is 7.18. The fourth-order valence-electron chi connectivity index (χ4n) is 4.82. The van der Waals surface area contributed by atoms with Gasteiger partial charge in [-0.25, -0.2) is 0 Å². The predicted octanol–water partition coefficient (Wildman–Crippen LogP) is 2.13. The Labute approximate surface area is 190 Å². The molecule has 2 saturated heterocycles. The lowest BCUT2D eigenvalue weighted by molar-refractivity contribution is 0.0605. The normalized spacial score (nSPS) is 18.0. The van der Waals surface area contributed by atoms with Gasteiger partial charge in [0.2, 0.25) is 0 Å². The number of nitrogens with one attached hydrogen (secondary N) is 1. The van der Waals surface area contributed by atoms with E-state index in [2.05, 4.69) is 10.2 Å². The molecule has 2 aliphatic rings. The summed E-state index contributed by atoms with van der Waals surface area (Å²) in [5.41, 5.74) is 3.11. The maximum Gasteiger partial charge on any atom is 0.257 e. The number of benzene rings is 1. The molecule has 0 bridgehead atoms. The second-order valence-electron chi connectivity index (χ2n) is 9.03. The van der Waals surface area contributed by atoms with Gasteiger partial charge < -0.3 is 19.5 Å². The number of aromatic nitrogens is 1. The molecular formula is C25H34N4O3. The van der Waals surface area contributed by atoms with Gasteiger partial charge in [0.1, 0.15) is 5.75 Å². The monoisotopic (exact) mass is 438 g/mol. The van der Waals surface area contributed by atoms with Crippen molar-refractivity contribution in [2.75, 3.05) is 52.9 Å². The Balaban J connectivity index is 1.44. The molecule has 7 nitrogen and oxygen atoms in total. The van der Waals surface area contributed by atoms with Gasteiger partial charge in [-0.3, -0.25) is 14.5 Å². The average Bonchev–Trinajstić information content (AvgIpc) is 2.82. The molecule has 2 aromatic rings. The maximum atomic E-state index is 13.3. The molecule has 7 heteroatoms. The van der Waals surface area contributed by atoms with Gasteiger partial charge in [-0.1, -0.05) is 6.07 Å². The number of piperidine rings is 1. The molecule has 0 saturated carbocycles. The number of carbonyl (C=O) groups excluding carboxylic acids is 1. The number of carbonyl (C=O) groups is 1. The zero-order chi connectivity index (χ0) is 22.7. The topological polar surface area (TPSA) is 66.8 Å². The van der Waals surface area contributed by atoms with E-state index in [9.17, 15) is 9.59 Å². The number of amides is 1. The molecule has 0 radical (unpaired) electrons. The SMILES string of the molecule is COc1cc(-c2cc(C)c(=O)n(C)c2)ccc1C(=O)N1CCN(CC2CCNCC2)CC1. The molecule has 0 aliphatic carbocycles. The number of methoxy groups -OCH3 is 1. The van der Waals surface area contributed by atoms with Crippen LogP contribution in [0.5, 0.6) is 5.75 Å². The number of hydrogen-bond donors (Lipinski definition) is 1. The highest BCUT2D eigenvalue weighted by Crippen LogP contribution is 2.28.